The molecule has 0 aliphatic carbocycles. The van der Waals surface area contributed by atoms with Crippen LogP contribution in [0.15, 0.2) is 47.1 Å². The van der Waals surface area contributed by atoms with Crippen LogP contribution in [0.5, 0.6) is 0 Å². The number of benzene rings is 1. The Morgan fingerprint density at radius 3 is 2.59 bits per heavy atom. The molecule has 0 aliphatic rings. The molecule has 0 atom stereocenters. The Morgan fingerprint density at radius 2 is 1.91 bits per heavy atom. The summed E-state index contributed by atoms with van der Waals surface area (Å²) in [6.07, 6.45) is 2.08. The van der Waals surface area contributed by atoms with Crippen LogP contribution < -0.4 is 10.6 Å². The first-order valence-corrected chi connectivity index (χ1v) is 7.59. The summed E-state index contributed by atoms with van der Waals surface area (Å²) >= 11 is 0. The summed E-state index contributed by atoms with van der Waals surface area (Å²) in [5.41, 5.74) is 2.04. The molecule has 2 rings (SSSR count). The van der Waals surface area contributed by atoms with Crippen LogP contribution in [0, 0.1) is 0 Å². The van der Waals surface area contributed by atoms with E-state index in [1.165, 1.54) is 0 Å². The summed E-state index contributed by atoms with van der Waals surface area (Å²) in [4.78, 5) is 12.1. The SMILES string of the molecule is CC(C)(C)c1ccccc1NC(=O)CCNCc1ccco1. The molecule has 0 saturated carbocycles. The van der Waals surface area contributed by atoms with Crippen molar-refractivity contribution < 1.29 is 9.21 Å². The van der Waals surface area contributed by atoms with Gasteiger partial charge in [-0.25, -0.2) is 0 Å². The van der Waals surface area contributed by atoms with Gasteiger partial charge in [0, 0.05) is 18.7 Å². The minimum atomic E-state index is 0.00140. The van der Waals surface area contributed by atoms with Crippen molar-refractivity contribution in [1.82, 2.24) is 5.32 Å². The van der Waals surface area contributed by atoms with Crippen molar-refractivity contribution in [3.8, 4) is 0 Å². The lowest BCUT2D eigenvalue weighted by atomic mass is 9.86. The molecule has 4 nitrogen and oxygen atoms in total. The summed E-state index contributed by atoms with van der Waals surface area (Å²) < 4.78 is 5.23. The average Bonchev–Trinajstić information content (AvgIpc) is 2.96. The highest BCUT2D eigenvalue weighted by Gasteiger charge is 2.18. The van der Waals surface area contributed by atoms with Crippen molar-refractivity contribution in [1.29, 1.82) is 0 Å². The van der Waals surface area contributed by atoms with E-state index >= 15 is 0 Å². The smallest absolute Gasteiger partial charge is 0.225 e. The molecule has 118 valence electrons. The molecule has 1 aromatic carbocycles. The van der Waals surface area contributed by atoms with Gasteiger partial charge in [-0.3, -0.25) is 4.79 Å². The molecule has 0 radical (unpaired) electrons. The van der Waals surface area contributed by atoms with E-state index in [9.17, 15) is 4.79 Å². The Labute approximate surface area is 131 Å². The van der Waals surface area contributed by atoms with Gasteiger partial charge in [0.1, 0.15) is 5.76 Å². The second-order valence-corrected chi connectivity index (χ2v) is 6.35. The van der Waals surface area contributed by atoms with E-state index in [1.54, 1.807) is 6.26 Å². The monoisotopic (exact) mass is 300 g/mol. The van der Waals surface area contributed by atoms with Gasteiger partial charge < -0.3 is 15.1 Å². The Kier molecular flexibility index (Phi) is 5.39. The van der Waals surface area contributed by atoms with E-state index in [0.717, 1.165) is 17.0 Å². The molecule has 1 heterocycles. The van der Waals surface area contributed by atoms with Crippen LogP contribution in [0.4, 0.5) is 5.69 Å². The van der Waals surface area contributed by atoms with Crippen molar-refractivity contribution in [2.45, 2.75) is 39.2 Å². The van der Waals surface area contributed by atoms with Crippen LogP contribution in [0.2, 0.25) is 0 Å². The number of carbonyl (C=O) groups excluding carboxylic acids is 1. The fraction of sp³-hybridized carbons (Fsp3) is 0.389. The average molecular weight is 300 g/mol. The van der Waals surface area contributed by atoms with Crippen molar-refractivity contribution in [3.05, 3.63) is 54.0 Å². The van der Waals surface area contributed by atoms with Crippen LogP contribution in [0.1, 0.15) is 38.5 Å². The van der Waals surface area contributed by atoms with Crippen LogP contribution in [-0.4, -0.2) is 12.5 Å². The maximum atomic E-state index is 12.1. The number of amides is 1. The molecule has 0 spiro atoms. The Bertz CT molecular complexity index is 598. The first kappa shape index (κ1) is 16.3. The molecule has 2 N–H and O–H groups in total. The minimum absolute atomic E-state index is 0.00140. The van der Waals surface area contributed by atoms with Crippen molar-refractivity contribution >= 4 is 11.6 Å². The topological polar surface area (TPSA) is 54.3 Å². The van der Waals surface area contributed by atoms with Gasteiger partial charge in [-0.2, -0.15) is 0 Å². The quantitative estimate of drug-likeness (QED) is 0.800. The Morgan fingerprint density at radius 1 is 1.14 bits per heavy atom. The number of hydrogen-bond acceptors (Lipinski definition) is 3. The molecule has 2 aromatic rings. The zero-order valence-corrected chi connectivity index (χ0v) is 13.5. The van der Waals surface area contributed by atoms with Crippen molar-refractivity contribution in [2.24, 2.45) is 0 Å². The summed E-state index contributed by atoms with van der Waals surface area (Å²) in [6, 6.07) is 11.7. The van der Waals surface area contributed by atoms with Gasteiger partial charge in [0.25, 0.3) is 0 Å². The molecule has 0 saturated heterocycles. The zero-order chi connectivity index (χ0) is 16.0. The molecular weight excluding hydrogens is 276 g/mol. The molecule has 0 fully saturated rings. The van der Waals surface area contributed by atoms with Crippen LogP contribution in [-0.2, 0) is 16.8 Å². The van der Waals surface area contributed by atoms with E-state index in [0.29, 0.717) is 19.5 Å². The van der Waals surface area contributed by atoms with E-state index < -0.39 is 0 Å². The molecule has 1 amide bonds. The molecule has 4 heteroatoms. The van der Waals surface area contributed by atoms with Gasteiger partial charge in [0.15, 0.2) is 0 Å². The summed E-state index contributed by atoms with van der Waals surface area (Å²) in [5.74, 6) is 0.891. The zero-order valence-electron chi connectivity index (χ0n) is 13.5. The third-order valence-electron chi connectivity index (χ3n) is 3.42. The van der Waals surface area contributed by atoms with Crippen LogP contribution in [0.25, 0.3) is 0 Å². The summed E-state index contributed by atoms with van der Waals surface area (Å²) in [5, 5.41) is 6.20. The fourth-order valence-corrected chi connectivity index (χ4v) is 2.29. The van der Waals surface area contributed by atoms with E-state index in [-0.39, 0.29) is 11.3 Å². The number of para-hydroxylation sites is 1. The first-order chi connectivity index (χ1) is 10.5. The molecule has 0 aliphatic heterocycles. The van der Waals surface area contributed by atoms with Gasteiger partial charge in [-0.1, -0.05) is 39.0 Å². The largest absolute Gasteiger partial charge is 0.468 e. The summed E-state index contributed by atoms with van der Waals surface area (Å²) in [7, 11) is 0. The number of rotatable bonds is 6. The van der Waals surface area contributed by atoms with Gasteiger partial charge >= 0.3 is 0 Å². The predicted molar refractivity (Wildman–Crippen MR) is 88.8 cm³/mol. The lowest BCUT2D eigenvalue weighted by Gasteiger charge is -2.23. The number of anilines is 1. The first-order valence-electron chi connectivity index (χ1n) is 7.59. The van der Waals surface area contributed by atoms with Gasteiger partial charge in [-0.15, -0.1) is 0 Å². The van der Waals surface area contributed by atoms with Crippen LogP contribution >= 0.6 is 0 Å². The molecule has 22 heavy (non-hydrogen) atoms. The number of hydrogen-bond donors (Lipinski definition) is 2. The molecule has 0 bridgehead atoms. The standard InChI is InChI=1S/C18H24N2O2/c1-18(2,3)15-8-4-5-9-16(15)20-17(21)10-11-19-13-14-7-6-12-22-14/h4-9,12,19H,10-11,13H2,1-3H3,(H,20,21). The Hall–Kier alpha value is -2.07. The third-order valence-corrected chi connectivity index (χ3v) is 3.42. The molecular formula is C18H24N2O2. The maximum Gasteiger partial charge on any atom is 0.225 e. The third kappa shape index (κ3) is 4.74. The maximum absolute atomic E-state index is 12.1. The number of furan rings is 1. The van der Waals surface area contributed by atoms with Gasteiger partial charge in [0.2, 0.25) is 5.91 Å². The van der Waals surface area contributed by atoms with Gasteiger partial charge in [-0.05, 0) is 29.2 Å². The van der Waals surface area contributed by atoms with E-state index in [2.05, 4.69) is 37.5 Å². The Balaban J connectivity index is 1.82. The lowest BCUT2D eigenvalue weighted by molar-refractivity contribution is -0.116. The highest BCUT2D eigenvalue weighted by Crippen LogP contribution is 2.29. The summed E-state index contributed by atoms with van der Waals surface area (Å²) in [6.45, 7) is 7.68. The molecule has 1 aromatic heterocycles. The number of carbonyl (C=O) groups is 1. The van der Waals surface area contributed by atoms with Crippen molar-refractivity contribution in [3.63, 3.8) is 0 Å². The second kappa shape index (κ2) is 7.27. The lowest BCUT2D eigenvalue weighted by Crippen LogP contribution is -2.23. The van der Waals surface area contributed by atoms with Crippen molar-refractivity contribution in [2.75, 3.05) is 11.9 Å². The predicted octanol–water partition coefficient (Wildman–Crippen LogP) is 3.70. The van der Waals surface area contributed by atoms with E-state index in [4.69, 9.17) is 4.42 Å². The van der Waals surface area contributed by atoms with Crippen LogP contribution in [0.3, 0.4) is 0 Å². The number of nitrogens with one attached hydrogen (secondary N) is 2. The fourth-order valence-electron chi connectivity index (χ4n) is 2.29. The highest BCUT2D eigenvalue weighted by atomic mass is 16.3. The van der Waals surface area contributed by atoms with E-state index in [1.807, 2.05) is 30.3 Å². The van der Waals surface area contributed by atoms with Gasteiger partial charge in [0.05, 0.1) is 12.8 Å². The molecule has 0 unspecified atom stereocenters. The normalized spacial score (nSPS) is 11.4. The minimum Gasteiger partial charge on any atom is -0.468 e. The highest BCUT2D eigenvalue weighted by molar-refractivity contribution is 5.91. The second-order valence-electron chi connectivity index (χ2n) is 6.35.